The molecule has 2 aromatic heterocycles. The van der Waals surface area contributed by atoms with Crippen LogP contribution in [0.1, 0.15) is 53.9 Å². The normalized spacial score (nSPS) is 11.7. The topological polar surface area (TPSA) is 111 Å². The number of anilines is 2. The van der Waals surface area contributed by atoms with Crippen molar-refractivity contribution in [1.82, 2.24) is 9.38 Å². The first-order chi connectivity index (χ1) is 14.8. The number of rotatable bonds is 7. The maximum absolute atomic E-state index is 13.1. The van der Waals surface area contributed by atoms with Crippen LogP contribution in [-0.4, -0.2) is 33.6 Å². The molecule has 160 valence electrons. The number of aromatic carboxylic acids is 1. The highest BCUT2D eigenvalue weighted by atomic mass is 16.4. The van der Waals surface area contributed by atoms with Crippen LogP contribution >= 0.6 is 0 Å². The molecule has 0 fully saturated rings. The molecule has 1 aromatic carbocycles. The van der Waals surface area contributed by atoms with Gasteiger partial charge in [-0.25, -0.2) is 9.78 Å². The number of nitrogens with one attached hydrogen (secondary N) is 1. The van der Waals surface area contributed by atoms with Crippen molar-refractivity contribution in [3.63, 3.8) is 0 Å². The lowest BCUT2D eigenvalue weighted by molar-refractivity contribution is 0.0698. The highest BCUT2D eigenvalue weighted by Gasteiger charge is 2.21. The Bertz CT molecular complexity index is 1240. The first kappa shape index (κ1) is 21.8. The van der Waals surface area contributed by atoms with Crippen molar-refractivity contribution >= 4 is 23.1 Å². The van der Waals surface area contributed by atoms with Crippen LogP contribution in [0.3, 0.4) is 0 Å². The largest absolute Gasteiger partial charge is 0.478 e. The van der Waals surface area contributed by atoms with Gasteiger partial charge in [-0.1, -0.05) is 12.1 Å². The van der Waals surface area contributed by atoms with E-state index in [1.54, 1.807) is 24.4 Å². The molecule has 0 amide bonds. The van der Waals surface area contributed by atoms with Gasteiger partial charge >= 0.3 is 5.97 Å². The van der Waals surface area contributed by atoms with Crippen LogP contribution in [0.4, 0.5) is 11.5 Å². The highest BCUT2D eigenvalue weighted by molar-refractivity contribution is 5.94. The number of hydrogen-bond donors (Lipinski definition) is 2. The molecule has 0 aliphatic heterocycles. The fourth-order valence-corrected chi connectivity index (χ4v) is 3.67. The van der Waals surface area contributed by atoms with Crippen LogP contribution in [0.2, 0.25) is 0 Å². The maximum Gasteiger partial charge on any atom is 0.337 e. The number of aryl methyl sites for hydroxylation is 1. The second kappa shape index (κ2) is 8.88. The van der Waals surface area contributed by atoms with Gasteiger partial charge in [0.25, 0.3) is 5.56 Å². The van der Waals surface area contributed by atoms with Crippen molar-refractivity contribution in [2.24, 2.45) is 0 Å². The maximum atomic E-state index is 13.1. The number of carboxylic acid groups (broad SMARTS) is 1. The quantitative estimate of drug-likeness (QED) is 0.602. The van der Waals surface area contributed by atoms with E-state index in [4.69, 9.17) is 4.98 Å². The lowest BCUT2D eigenvalue weighted by Crippen LogP contribution is -2.30. The molecule has 0 spiro atoms. The molecule has 0 saturated carbocycles. The summed E-state index contributed by atoms with van der Waals surface area (Å²) in [5.41, 5.74) is 2.21. The molecule has 1 atom stereocenters. The predicted octanol–water partition coefficient (Wildman–Crippen LogP) is 3.59. The third-order valence-electron chi connectivity index (χ3n) is 5.24. The first-order valence-corrected chi connectivity index (χ1v) is 10.1. The summed E-state index contributed by atoms with van der Waals surface area (Å²) in [6, 6.07) is 10.2. The van der Waals surface area contributed by atoms with E-state index in [0.29, 0.717) is 30.2 Å². The summed E-state index contributed by atoms with van der Waals surface area (Å²) in [4.78, 5) is 31.3. The number of fused-ring (bicyclic) bond motifs is 1. The van der Waals surface area contributed by atoms with Crippen LogP contribution in [0.15, 0.2) is 41.3 Å². The van der Waals surface area contributed by atoms with E-state index in [1.165, 1.54) is 10.5 Å². The van der Waals surface area contributed by atoms with Crippen molar-refractivity contribution in [3.05, 3.63) is 69.1 Å². The molecule has 0 radical (unpaired) electrons. The SMILES string of the molecule is CCN(CC)c1nc2c([C@@H](C)Nc3ccccc3C(=O)O)cc(C)cn2c(=O)c1C#N. The van der Waals surface area contributed by atoms with Gasteiger partial charge in [0.2, 0.25) is 0 Å². The van der Waals surface area contributed by atoms with Crippen molar-refractivity contribution in [3.8, 4) is 6.07 Å². The molecular formula is C23H25N5O3. The number of carboxylic acids is 1. The number of nitrogens with zero attached hydrogens (tertiary/aromatic N) is 4. The lowest BCUT2D eigenvalue weighted by Gasteiger charge is -2.23. The Balaban J connectivity index is 2.22. The summed E-state index contributed by atoms with van der Waals surface area (Å²) in [6.07, 6.45) is 1.67. The van der Waals surface area contributed by atoms with Gasteiger partial charge in [-0.15, -0.1) is 0 Å². The van der Waals surface area contributed by atoms with Gasteiger partial charge in [-0.3, -0.25) is 9.20 Å². The Morgan fingerprint density at radius 1 is 1.32 bits per heavy atom. The predicted molar refractivity (Wildman–Crippen MR) is 120 cm³/mol. The number of hydrogen-bond acceptors (Lipinski definition) is 6. The first-order valence-electron chi connectivity index (χ1n) is 10.1. The zero-order chi connectivity index (χ0) is 22.7. The minimum absolute atomic E-state index is 0.00888. The van der Waals surface area contributed by atoms with E-state index in [-0.39, 0.29) is 17.2 Å². The number of pyridine rings is 1. The summed E-state index contributed by atoms with van der Waals surface area (Å²) >= 11 is 0. The fourth-order valence-electron chi connectivity index (χ4n) is 3.67. The van der Waals surface area contributed by atoms with Crippen molar-refractivity contribution in [2.45, 2.75) is 33.7 Å². The molecule has 0 aliphatic rings. The number of aromatic nitrogens is 2. The van der Waals surface area contributed by atoms with Gasteiger partial charge in [-0.05, 0) is 51.5 Å². The van der Waals surface area contributed by atoms with Crippen LogP contribution < -0.4 is 15.8 Å². The lowest BCUT2D eigenvalue weighted by atomic mass is 10.1. The molecule has 8 heteroatoms. The molecule has 0 bridgehead atoms. The summed E-state index contributed by atoms with van der Waals surface area (Å²) in [5.74, 6) is -0.665. The molecule has 8 nitrogen and oxygen atoms in total. The minimum Gasteiger partial charge on any atom is -0.478 e. The number of benzene rings is 1. The van der Waals surface area contributed by atoms with Gasteiger partial charge in [0.05, 0.1) is 11.6 Å². The molecule has 2 heterocycles. The molecule has 0 aliphatic carbocycles. The second-order valence-electron chi connectivity index (χ2n) is 7.28. The summed E-state index contributed by atoms with van der Waals surface area (Å²) in [5, 5.41) is 22.3. The summed E-state index contributed by atoms with van der Waals surface area (Å²) in [6.45, 7) is 8.84. The second-order valence-corrected chi connectivity index (χ2v) is 7.28. The molecule has 3 rings (SSSR count). The van der Waals surface area contributed by atoms with E-state index in [2.05, 4.69) is 5.32 Å². The molecule has 31 heavy (non-hydrogen) atoms. The Hall–Kier alpha value is -3.86. The van der Waals surface area contributed by atoms with Crippen LogP contribution in [-0.2, 0) is 0 Å². The third-order valence-corrected chi connectivity index (χ3v) is 5.24. The number of para-hydroxylation sites is 1. The van der Waals surface area contributed by atoms with Gasteiger partial charge < -0.3 is 15.3 Å². The van der Waals surface area contributed by atoms with Gasteiger partial charge in [0.15, 0.2) is 11.4 Å². The molecule has 0 saturated heterocycles. The molecule has 3 aromatic rings. The van der Waals surface area contributed by atoms with E-state index < -0.39 is 11.5 Å². The Labute approximate surface area is 180 Å². The fraction of sp³-hybridized carbons (Fsp3) is 0.304. The zero-order valence-electron chi connectivity index (χ0n) is 18.0. The van der Waals surface area contributed by atoms with E-state index in [9.17, 15) is 20.0 Å². The summed E-state index contributed by atoms with van der Waals surface area (Å²) < 4.78 is 1.40. The average molecular weight is 419 g/mol. The van der Waals surface area contributed by atoms with Crippen molar-refractivity contribution in [1.29, 1.82) is 5.26 Å². The van der Waals surface area contributed by atoms with E-state index >= 15 is 0 Å². The van der Waals surface area contributed by atoms with Crippen LogP contribution in [0.5, 0.6) is 0 Å². The monoisotopic (exact) mass is 419 g/mol. The highest BCUT2D eigenvalue weighted by Crippen LogP contribution is 2.27. The molecule has 2 N–H and O–H groups in total. The number of nitriles is 1. The van der Waals surface area contributed by atoms with Gasteiger partial charge in [0.1, 0.15) is 11.7 Å². The zero-order valence-corrected chi connectivity index (χ0v) is 18.0. The standard InChI is InChI=1S/C23H25N5O3/c1-5-27(6-2)20-18(12-24)22(29)28-13-14(3)11-17(21(28)26-20)15(4)25-19-10-8-7-9-16(19)23(30)31/h7-11,13,15,25H,5-6H2,1-4H3,(H,30,31)/t15-/m1/s1. The summed E-state index contributed by atoms with van der Waals surface area (Å²) in [7, 11) is 0. The molecule has 0 unspecified atom stereocenters. The minimum atomic E-state index is -1.03. The van der Waals surface area contributed by atoms with Crippen molar-refractivity contribution in [2.75, 3.05) is 23.3 Å². The van der Waals surface area contributed by atoms with E-state index in [0.717, 1.165) is 11.1 Å². The Morgan fingerprint density at radius 2 is 2.00 bits per heavy atom. The Kier molecular flexibility index (Phi) is 6.25. The molecular weight excluding hydrogens is 394 g/mol. The van der Waals surface area contributed by atoms with Crippen LogP contribution in [0.25, 0.3) is 5.65 Å². The van der Waals surface area contributed by atoms with Crippen LogP contribution in [0, 0.1) is 18.3 Å². The smallest absolute Gasteiger partial charge is 0.337 e. The van der Waals surface area contributed by atoms with Crippen molar-refractivity contribution < 1.29 is 9.90 Å². The van der Waals surface area contributed by atoms with Gasteiger partial charge in [-0.2, -0.15) is 5.26 Å². The van der Waals surface area contributed by atoms with E-state index in [1.807, 2.05) is 44.7 Å². The third kappa shape index (κ3) is 4.08. The average Bonchev–Trinajstić information content (AvgIpc) is 2.75. The number of carbonyl (C=O) groups is 1. The Morgan fingerprint density at radius 3 is 2.61 bits per heavy atom. The van der Waals surface area contributed by atoms with Gasteiger partial charge in [0, 0.05) is 30.5 Å².